The molecular weight excluding hydrogens is 238 g/mol. The summed E-state index contributed by atoms with van der Waals surface area (Å²) in [6, 6.07) is 9.29. The molecule has 2 rings (SSSR count). The van der Waals surface area contributed by atoms with Gasteiger partial charge in [-0.25, -0.2) is 4.68 Å². The molecule has 0 radical (unpaired) electrons. The van der Waals surface area contributed by atoms with E-state index in [0.717, 1.165) is 16.9 Å². The molecule has 1 N–H and O–H groups in total. The Hall–Kier alpha value is -2.12. The molecule has 1 atom stereocenters. The molecule has 1 unspecified atom stereocenters. The number of nitriles is 1. The SMILES string of the molecule is CC(C)c1ccn(-c2cc(C#N)ccc2C(C)O)n1. The molecule has 0 saturated heterocycles. The fraction of sp³-hybridized carbons (Fsp3) is 0.333. The quantitative estimate of drug-likeness (QED) is 0.917. The fourth-order valence-electron chi connectivity index (χ4n) is 1.95. The van der Waals surface area contributed by atoms with Crippen molar-refractivity contribution in [3.8, 4) is 11.8 Å². The van der Waals surface area contributed by atoms with Gasteiger partial charge in [0.25, 0.3) is 0 Å². The minimum Gasteiger partial charge on any atom is -0.389 e. The second-order valence-corrected chi connectivity index (χ2v) is 4.90. The first-order chi connectivity index (χ1) is 9.02. The number of benzene rings is 1. The average molecular weight is 255 g/mol. The van der Waals surface area contributed by atoms with Crippen LogP contribution < -0.4 is 0 Å². The Labute approximate surface area is 112 Å². The van der Waals surface area contributed by atoms with Gasteiger partial charge in [-0.2, -0.15) is 10.4 Å². The van der Waals surface area contributed by atoms with Gasteiger partial charge in [0, 0.05) is 11.8 Å². The zero-order valence-electron chi connectivity index (χ0n) is 11.3. The summed E-state index contributed by atoms with van der Waals surface area (Å²) < 4.78 is 1.72. The fourth-order valence-corrected chi connectivity index (χ4v) is 1.95. The van der Waals surface area contributed by atoms with Gasteiger partial charge in [0.1, 0.15) is 0 Å². The van der Waals surface area contributed by atoms with Gasteiger partial charge in [0.05, 0.1) is 29.1 Å². The first-order valence-corrected chi connectivity index (χ1v) is 6.31. The predicted octanol–water partition coefficient (Wildman–Crippen LogP) is 2.92. The third-order valence-corrected chi connectivity index (χ3v) is 3.06. The van der Waals surface area contributed by atoms with Crippen molar-refractivity contribution in [1.29, 1.82) is 5.26 Å². The van der Waals surface area contributed by atoms with Gasteiger partial charge in [0.2, 0.25) is 0 Å². The van der Waals surface area contributed by atoms with Crippen LogP contribution in [-0.2, 0) is 0 Å². The van der Waals surface area contributed by atoms with Crippen molar-refractivity contribution in [2.24, 2.45) is 0 Å². The highest BCUT2D eigenvalue weighted by Gasteiger charge is 2.12. The van der Waals surface area contributed by atoms with Gasteiger partial charge >= 0.3 is 0 Å². The van der Waals surface area contributed by atoms with Crippen molar-refractivity contribution in [2.45, 2.75) is 32.8 Å². The number of aromatic nitrogens is 2. The van der Waals surface area contributed by atoms with Crippen LogP contribution in [0.25, 0.3) is 5.69 Å². The van der Waals surface area contributed by atoms with E-state index in [0.29, 0.717) is 11.5 Å². The zero-order chi connectivity index (χ0) is 14.0. The number of hydrogen-bond donors (Lipinski definition) is 1. The van der Waals surface area contributed by atoms with Crippen LogP contribution in [0.2, 0.25) is 0 Å². The highest BCUT2D eigenvalue weighted by Crippen LogP contribution is 2.23. The summed E-state index contributed by atoms with van der Waals surface area (Å²) in [5, 5.41) is 23.3. The Morgan fingerprint density at radius 2 is 2.00 bits per heavy atom. The second-order valence-electron chi connectivity index (χ2n) is 4.90. The van der Waals surface area contributed by atoms with Crippen LogP contribution in [0.5, 0.6) is 0 Å². The van der Waals surface area contributed by atoms with Crippen LogP contribution in [0.3, 0.4) is 0 Å². The zero-order valence-corrected chi connectivity index (χ0v) is 11.3. The average Bonchev–Trinajstić information content (AvgIpc) is 2.87. The molecule has 0 aliphatic heterocycles. The van der Waals surface area contributed by atoms with Crippen LogP contribution in [0.4, 0.5) is 0 Å². The van der Waals surface area contributed by atoms with E-state index in [1.165, 1.54) is 0 Å². The van der Waals surface area contributed by atoms with E-state index < -0.39 is 6.10 Å². The molecule has 4 nitrogen and oxygen atoms in total. The first-order valence-electron chi connectivity index (χ1n) is 6.31. The molecule has 2 aromatic rings. The predicted molar refractivity (Wildman–Crippen MR) is 73.0 cm³/mol. The van der Waals surface area contributed by atoms with E-state index in [1.54, 1.807) is 29.8 Å². The summed E-state index contributed by atoms with van der Waals surface area (Å²) in [5.74, 6) is 0.343. The number of aliphatic hydroxyl groups excluding tert-OH is 1. The number of hydrogen-bond acceptors (Lipinski definition) is 3. The lowest BCUT2D eigenvalue weighted by Gasteiger charge is -2.12. The molecule has 0 bridgehead atoms. The smallest absolute Gasteiger partial charge is 0.0992 e. The van der Waals surface area contributed by atoms with Crippen molar-refractivity contribution < 1.29 is 5.11 Å². The van der Waals surface area contributed by atoms with Gasteiger partial charge in [-0.15, -0.1) is 0 Å². The van der Waals surface area contributed by atoms with Gasteiger partial charge in [-0.05, 0) is 31.0 Å². The molecular formula is C15H17N3O. The van der Waals surface area contributed by atoms with E-state index in [4.69, 9.17) is 5.26 Å². The van der Waals surface area contributed by atoms with Crippen LogP contribution in [0.15, 0.2) is 30.5 Å². The van der Waals surface area contributed by atoms with Crippen LogP contribution in [0, 0.1) is 11.3 Å². The van der Waals surface area contributed by atoms with Crippen LogP contribution >= 0.6 is 0 Å². The van der Waals surface area contributed by atoms with E-state index in [9.17, 15) is 5.11 Å². The molecule has 0 spiro atoms. The number of nitrogens with zero attached hydrogens (tertiary/aromatic N) is 3. The van der Waals surface area contributed by atoms with Gasteiger partial charge in [-0.1, -0.05) is 19.9 Å². The van der Waals surface area contributed by atoms with Crippen molar-refractivity contribution in [3.63, 3.8) is 0 Å². The van der Waals surface area contributed by atoms with Crippen molar-refractivity contribution in [1.82, 2.24) is 9.78 Å². The molecule has 0 fully saturated rings. The number of rotatable bonds is 3. The first kappa shape index (κ1) is 13.3. The highest BCUT2D eigenvalue weighted by atomic mass is 16.3. The highest BCUT2D eigenvalue weighted by molar-refractivity contribution is 5.48. The third kappa shape index (κ3) is 2.67. The van der Waals surface area contributed by atoms with E-state index >= 15 is 0 Å². The lowest BCUT2D eigenvalue weighted by Crippen LogP contribution is -2.04. The van der Waals surface area contributed by atoms with Crippen molar-refractivity contribution >= 4 is 0 Å². The second kappa shape index (κ2) is 5.25. The summed E-state index contributed by atoms with van der Waals surface area (Å²) in [7, 11) is 0. The number of aliphatic hydroxyl groups is 1. The summed E-state index contributed by atoms with van der Waals surface area (Å²) in [6.07, 6.45) is 1.26. The van der Waals surface area contributed by atoms with E-state index in [1.807, 2.05) is 12.3 Å². The summed E-state index contributed by atoms with van der Waals surface area (Å²) in [5.41, 5.74) is 3.05. The third-order valence-electron chi connectivity index (χ3n) is 3.06. The van der Waals surface area contributed by atoms with Crippen molar-refractivity contribution in [3.05, 3.63) is 47.3 Å². The molecule has 1 aromatic carbocycles. The van der Waals surface area contributed by atoms with E-state index in [2.05, 4.69) is 25.0 Å². The Kier molecular flexibility index (Phi) is 3.68. The molecule has 1 heterocycles. The molecule has 0 saturated carbocycles. The molecule has 0 aliphatic carbocycles. The Morgan fingerprint density at radius 3 is 2.53 bits per heavy atom. The normalized spacial score (nSPS) is 12.4. The maximum absolute atomic E-state index is 9.82. The Bertz CT molecular complexity index is 621. The maximum atomic E-state index is 9.82. The Morgan fingerprint density at radius 1 is 1.26 bits per heavy atom. The van der Waals surface area contributed by atoms with Crippen LogP contribution in [0.1, 0.15) is 49.6 Å². The summed E-state index contributed by atoms with van der Waals surface area (Å²) in [4.78, 5) is 0. The standard InChI is InChI=1S/C15H17N3O/c1-10(2)14-6-7-18(17-14)15-8-12(9-16)4-5-13(15)11(3)19/h4-8,10-11,19H,1-3H3. The maximum Gasteiger partial charge on any atom is 0.0992 e. The Balaban J connectivity index is 2.55. The van der Waals surface area contributed by atoms with Gasteiger partial charge in [-0.3, -0.25) is 0 Å². The molecule has 19 heavy (non-hydrogen) atoms. The molecule has 98 valence electrons. The lowest BCUT2D eigenvalue weighted by atomic mass is 10.1. The lowest BCUT2D eigenvalue weighted by molar-refractivity contribution is 0.199. The van der Waals surface area contributed by atoms with Gasteiger partial charge < -0.3 is 5.11 Å². The van der Waals surface area contributed by atoms with Crippen LogP contribution in [-0.4, -0.2) is 14.9 Å². The molecule has 4 heteroatoms. The minimum absolute atomic E-state index is 0.343. The summed E-state index contributed by atoms with van der Waals surface area (Å²) >= 11 is 0. The van der Waals surface area contributed by atoms with Gasteiger partial charge in [0.15, 0.2) is 0 Å². The minimum atomic E-state index is -0.602. The monoisotopic (exact) mass is 255 g/mol. The molecule has 0 aliphatic rings. The van der Waals surface area contributed by atoms with Crippen molar-refractivity contribution in [2.75, 3.05) is 0 Å². The largest absolute Gasteiger partial charge is 0.389 e. The molecule has 0 amide bonds. The molecule has 1 aromatic heterocycles. The van der Waals surface area contributed by atoms with E-state index in [-0.39, 0.29) is 0 Å². The topological polar surface area (TPSA) is 61.8 Å². The summed E-state index contributed by atoms with van der Waals surface area (Å²) in [6.45, 7) is 5.86.